The van der Waals surface area contributed by atoms with Crippen molar-refractivity contribution in [1.82, 2.24) is 0 Å². The quantitative estimate of drug-likeness (QED) is 0.447. The molecular formula is C6H10O. The molecule has 0 heterocycles. The van der Waals surface area contributed by atoms with Crippen molar-refractivity contribution in [3.8, 4) is 0 Å². The molecule has 1 aliphatic carbocycles. The Morgan fingerprint density at radius 3 is 2.00 bits per heavy atom. The molecule has 0 aromatic heterocycles. The molecule has 1 N–H and O–H groups in total. The van der Waals surface area contributed by atoms with Crippen LogP contribution < -0.4 is 0 Å². The van der Waals surface area contributed by atoms with Gasteiger partial charge >= 0.3 is 0 Å². The second-order valence-corrected chi connectivity index (χ2v) is 2.63. The minimum Gasteiger partial charge on any atom is -0.388 e. The van der Waals surface area contributed by atoms with Gasteiger partial charge in [0.15, 0.2) is 0 Å². The molecule has 1 heteroatoms. The molecule has 40 valence electrons. The lowest BCUT2D eigenvalue weighted by Crippen LogP contribution is -2.32. The van der Waals surface area contributed by atoms with Crippen LogP contribution in [-0.2, 0) is 0 Å². The van der Waals surface area contributed by atoms with Crippen LogP contribution >= 0.6 is 0 Å². The molecular weight excluding hydrogens is 88.1 g/mol. The van der Waals surface area contributed by atoms with Crippen molar-refractivity contribution in [3.63, 3.8) is 0 Å². The number of aliphatic hydroxyl groups excluding tert-OH is 1. The van der Waals surface area contributed by atoms with E-state index in [1.165, 1.54) is 0 Å². The molecule has 1 nitrogen and oxygen atoms in total. The first-order valence-corrected chi connectivity index (χ1v) is 2.50. The summed E-state index contributed by atoms with van der Waals surface area (Å²) in [6.07, 6.45) is 3.62. The van der Waals surface area contributed by atoms with Gasteiger partial charge in [-0.25, -0.2) is 0 Å². The summed E-state index contributed by atoms with van der Waals surface area (Å²) in [6, 6.07) is 0. The topological polar surface area (TPSA) is 20.2 Å². The van der Waals surface area contributed by atoms with Crippen molar-refractivity contribution in [2.45, 2.75) is 20.0 Å². The zero-order valence-corrected chi connectivity index (χ0v) is 4.68. The Bertz CT molecular complexity index is 103. The second kappa shape index (κ2) is 1.10. The van der Waals surface area contributed by atoms with Gasteiger partial charge in [0.25, 0.3) is 0 Å². The average Bonchev–Trinajstić information content (AvgIpc) is 1.63. The van der Waals surface area contributed by atoms with Crippen LogP contribution in [-0.4, -0.2) is 11.2 Å². The van der Waals surface area contributed by atoms with Crippen molar-refractivity contribution in [3.05, 3.63) is 12.2 Å². The summed E-state index contributed by atoms with van der Waals surface area (Å²) in [5, 5.41) is 8.89. The van der Waals surface area contributed by atoms with Gasteiger partial charge in [-0.2, -0.15) is 0 Å². The minimum atomic E-state index is -0.201. The largest absolute Gasteiger partial charge is 0.388 e. The fourth-order valence-corrected chi connectivity index (χ4v) is 0.567. The van der Waals surface area contributed by atoms with Gasteiger partial charge in [-0.1, -0.05) is 26.0 Å². The normalized spacial score (nSPS) is 35.0. The highest BCUT2D eigenvalue weighted by atomic mass is 16.3. The van der Waals surface area contributed by atoms with Crippen LogP contribution in [0.3, 0.4) is 0 Å². The third-order valence-corrected chi connectivity index (χ3v) is 1.47. The van der Waals surface area contributed by atoms with Crippen molar-refractivity contribution >= 4 is 0 Å². The molecule has 0 fully saturated rings. The Kier molecular flexibility index (Phi) is 0.762. The van der Waals surface area contributed by atoms with Crippen LogP contribution in [0.25, 0.3) is 0 Å². The van der Waals surface area contributed by atoms with E-state index >= 15 is 0 Å². The highest BCUT2D eigenvalue weighted by Crippen LogP contribution is 2.31. The SMILES string of the molecule is CC1(C)C=CC1O. The van der Waals surface area contributed by atoms with Crippen LogP contribution in [0.4, 0.5) is 0 Å². The number of rotatable bonds is 0. The van der Waals surface area contributed by atoms with Crippen LogP contribution in [0, 0.1) is 5.41 Å². The molecule has 0 bridgehead atoms. The highest BCUT2D eigenvalue weighted by Gasteiger charge is 2.29. The molecule has 0 radical (unpaired) electrons. The molecule has 7 heavy (non-hydrogen) atoms. The molecule has 0 saturated heterocycles. The lowest BCUT2D eigenvalue weighted by Gasteiger charge is -2.32. The summed E-state index contributed by atoms with van der Waals surface area (Å²) in [4.78, 5) is 0. The summed E-state index contributed by atoms with van der Waals surface area (Å²) >= 11 is 0. The number of hydrogen-bond acceptors (Lipinski definition) is 1. The molecule has 0 aromatic carbocycles. The van der Waals surface area contributed by atoms with Gasteiger partial charge in [-0.3, -0.25) is 0 Å². The minimum absolute atomic E-state index is 0.0556. The first kappa shape index (κ1) is 4.85. The lowest BCUT2D eigenvalue weighted by molar-refractivity contribution is 0.100. The number of hydrogen-bond donors (Lipinski definition) is 1. The third kappa shape index (κ3) is 0.570. The van der Waals surface area contributed by atoms with Crippen molar-refractivity contribution in [2.24, 2.45) is 5.41 Å². The van der Waals surface area contributed by atoms with Gasteiger partial charge < -0.3 is 5.11 Å². The second-order valence-electron chi connectivity index (χ2n) is 2.63. The summed E-state index contributed by atoms with van der Waals surface area (Å²) in [6.45, 7) is 4.02. The van der Waals surface area contributed by atoms with E-state index in [1.54, 1.807) is 6.08 Å². The third-order valence-electron chi connectivity index (χ3n) is 1.47. The Morgan fingerprint density at radius 2 is 2.00 bits per heavy atom. The predicted molar refractivity (Wildman–Crippen MR) is 28.9 cm³/mol. The molecule has 0 aliphatic heterocycles. The average molecular weight is 98.1 g/mol. The molecule has 0 saturated carbocycles. The van der Waals surface area contributed by atoms with Crippen molar-refractivity contribution < 1.29 is 5.11 Å². The molecule has 0 aromatic rings. The van der Waals surface area contributed by atoms with Crippen LogP contribution in [0.15, 0.2) is 12.2 Å². The maximum atomic E-state index is 8.89. The highest BCUT2D eigenvalue weighted by molar-refractivity contribution is 5.15. The first-order valence-electron chi connectivity index (χ1n) is 2.50. The van der Waals surface area contributed by atoms with Gasteiger partial charge in [-0.05, 0) is 0 Å². The lowest BCUT2D eigenvalue weighted by atomic mass is 9.78. The molecule has 1 aliphatic rings. The van der Waals surface area contributed by atoms with Gasteiger partial charge in [0.1, 0.15) is 0 Å². The van der Waals surface area contributed by atoms with Gasteiger partial charge in [0.2, 0.25) is 0 Å². The summed E-state index contributed by atoms with van der Waals surface area (Å²) in [5.41, 5.74) is 0.0556. The molecule has 0 amide bonds. The van der Waals surface area contributed by atoms with E-state index in [-0.39, 0.29) is 11.5 Å². The molecule has 1 atom stereocenters. The Labute approximate surface area is 43.7 Å². The zero-order chi connectivity index (χ0) is 5.49. The van der Waals surface area contributed by atoms with E-state index in [0.29, 0.717) is 0 Å². The smallest absolute Gasteiger partial charge is 0.0806 e. The maximum Gasteiger partial charge on any atom is 0.0806 e. The standard InChI is InChI=1S/C6H10O/c1-6(2)4-3-5(6)7/h3-5,7H,1-2H3. The van der Waals surface area contributed by atoms with Crippen LogP contribution in [0.2, 0.25) is 0 Å². The van der Waals surface area contributed by atoms with Crippen LogP contribution in [0.1, 0.15) is 13.8 Å². The van der Waals surface area contributed by atoms with Gasteiger partial charge in [0.05, 0.1) is 6.10 Å². The van der Waals surface area contributed by atoms with Crippen LogP contribution in [0.5, 0.6) is 0 Å². The maximum absolute atomic E-state index is 8.89. The van der Waals surface area contributed by atoms with Gasteiger partial charge in [0, 0.05) is 5.41 Å². The fraction of sp³-hybridized carbons (Fsp3) is 0.667. The molecule has 1 rings (SSSR count). The van der Waals surface area contributed by atoms with E-state index in [1.807, 2.05) is 19.9 Å². The Balaban J connectivity index is 2.64. The van der Waals surface area contributed by atoms with E-state index < -0.39 is 0 Å². The molecule has 1 unspecified atom stereocenters. The predicted octanol–water partition coefficient (Wildman–Crippen LogP) is 0.943. The Hall–Kier alpha value is -0.300. The van der Waals surface area contributed by atoms with E-state index in [4.69, 9.17) is 5.11 Å². The molecule has 0 spiro atoms. The van der Waals surface area contributed by atoms with E-state index in [2.05, 4.69) is 0 Å². The first-order chi connectivity index (χ1) is 3.13. The monoisotopic (exact) mass is 98.1 g/mol. The fourth-order valence-electron chi connectivity index (χ4n) is 0.567. The van der Waals surface area contributed by atoms with Crippen molar-refractivity contribution in [2.75, 3.05) is 0 Å². The zero-order valence-electron chi connectivity index (χ0n) is 4.68. The summed E-state index contributed by atoms with van der Waals surface area (Å²) in [5.74, 6) is 0. The van der Waals surface area contributed by atoms with E-state index in [9.17, 15) is 0 Å². The summed E-state index contributed by atoms with van der Waals surface area (Å²) < 4.78 is 0. The summed E-state index contributed by atoms with van der Waals surface area (Å²) in [7, 11) is 0. The van der Waals surface area contributed by atoms with Gasteiger partial charge in [-0.15, -0.1) is 0 Å². The number of aliphatic hydroxyl groups is 1. The van der Waals surface area contributed by atoms with Crippen molar-refractivity contribution in [1.29, 1.82) is 0 Å². The van der Waals surface area contributed by atoms with E-state index in [0.717, 1.165) is 0 Å². The Morgan fingerprint density at radius 1 is 1.57 bits per heavy atom.